The Labute approximate surface area is 148 Å². The Morgan fingerprint density at radius 3 is 2.20 bits per heavy atom. The standard InChI is InChI=1S/C19H26N2O4/c1-11(2)9-14(17(22)20-5-7-25-8-6-20)21-18(23)15-12-3-4-13(10-12)16(15)19(21)24/h3-4,11-16H,5-10H2,1-2H3/t12-,13-,14+,15-,16+/m0/s1. The lowest BCUT2D eigenvalue weighted by atomic mass is 9.85. The van der Waals surface area contributed by atoms with Gasteiger partial charge in [-0.05, 0) is 30.6 Å². The lowest BCUT2D eigenvalue weighted by Gasteiger charge is -2.34. The molecule has 0 aromatic heterocycles. The number of hydrogen-bond acceptors (Lipinski definition) is 4. The molecule has 0 aromatic carbocycles. The van der Waals surface area contributed by atoms with Gasteiger partial charge < -0.3 is 9.64 Å². The Bertz CT molecular complexity index is 593. The second kappa shape index (κ2) is 6.24. The largest absolute Gasteiger partial charge is 0.378 e. The molecular formula is C19H26N2O4. The highest BCUT2D eigenvalue weighted by atomic mass is 16.5. The van der Waals surface area contributed by atoms with E-state index in [2.05, 4.69) is 12.2 Å². The molecule has 0 spiro atoms. The summed E-state index contributed by atoms with van der Waals surface area (Å²) in [7, 11) is 0. The predicted octanol–water partition coefficient (Wildman–Crippen LogP) is 1.07. The number of likely N-dealkylation sites (tertiary alicyclic amines) is 1. The molecule has 0 aromatic rings. The summed E-state index contributed by atoms with van der Waals surface area (Å²) in [5.41, 5.74) is 0. The van der Waals surface area contributed by atoms with Crippen LogP contribution in [0, 0.1) is 29.6 Å². The monoisotopic (exact) mass is 346 g/mol. The highest BCUT2D eigenvalue weighted by molar-refractivity contribution is 6.09. The Balaban J connectivity index is 1.60. The third-order valence-corrected chi connectivity index (χ3v) is 6.12. The van der Waals surface area contributed by atoms with E-state index in [0.29, 0.717) is 32.7 Å². The number of rotatable bonds is 4. The summed E-state index contributed by atoms with van der Waals surface area (Å²) in [6.45, 7) is 6.14. The summed E-state index contributed by atoms with van der Waals surface area (Å²) in [6, 6.07) is -0.664. The Morgan fingerprint density at radius 1 is 1.12 bits per heavy atom. The van der Waals surface area contributed by atoms with E-state index in [9.17, 15) is 14.4 Å². The summed E-state index contributed by atoms with van der Waals surface area (Å²) in [4.78, 5) is 42.3. The fraction of sp³-hybridized carbons (Fsp3) is 0.737. The first-order valence-electron chi connectivity index (χ1n) is 9.40. The summed E-state index contributed by atoms with van der Waals surface area (Å²) in [5, 5.41) is 0. The van der Waals surface area contributed by atoms with Crippen LogP contribution < -0.4 is 0 Å². The molecule has 0 N–H and O–H groups in total. The maximum Gasteiger partial charge on any atom is 0.246 e. The van der Waals surface area contributed by atoms with Crippen molar-refractivity contribution in [2.75, 3.05) is 26.3 Å². The molecule has 0 unspecified atom stereocenters. The maximum absolute atomic E-state index is 13.1. The van der Waals surface area contributed by atoms with Gasteiger partial charge in [-0.25, -0.2) is 0 Å². The predicted molar refractivity (Wildman–Crippen MR) is 90.2 cm³/mol. The Hall–Kier alpha value is -1.69. The van der Waals surface area contributed by atoms with Gasteiger partial charge in [0.1, 0.15) is 6.04 Å². The number of carbonyl (C=O) groups excluding carboxylic acids is 3. The van der Waals surface area contributed by atoms with Crippen molar-refractivity contribution < 1.29 is 19.1 Å². The van der Waals surface area contributed by atoms with Crippen LogP contribution in [0.3, 0.4) is 0 Å². The fourth-order valence-electron chi connectivity index (χ4n) is 4.99. The second-order valence-corrected chi connectivity index (χ2v) is 8.13. The maximum atomic E-state index is 13.1. The van der Waals surface area contributed by atoms with Gasteiger partial charge in [0.05, 0.1) is 25.0 Å². The van der Waals surface area contributed by atoms with Gasteiger partial charge in [-0.3, -0.25) is 19.3 Å². The highest BCUT2D eigenvalue weighted by Gasteiger charge is 2.61. The molecule has 4 rings (SSSR count). The first-order chi connectivity index (χ1) is 12.0. The molecule has 5 atom stereocenters. The van der Waals surface area contributed by atoms with Crippen LogP contribution in [0.15, 0.2) is 12.2 Å². The number of allylic oxidation sites excluding steroid dienone is 2. The van der Waals surface area contributed by atoms with Crippen molar-refractivity contribution in [1.29, 1.82) is 0 Å². The minimum absolute atomic E-state index is 0.0982. The number of imide groups is 1. The fourth-order valence-corrected chi connectivity index (χ4v) is 4.99. The number of amides is 3. The van der Waals surface area contributed by atoms with Crippen molar-refractivity contribution >= 4 is 17.7 Å². The molecule has 25 heavy (non-hydrogen) atoms. The van der Waals surface area contributed by atoms with E-state index < -0.39 is 6.04 Å². The SMILES string of the molecule is CC(C)C[C@H](C(=O)N1CCOCC1)N1C(=O)[C@@H]2[C@H](C1=O)[C@H]1C=C[C@H]2C1. The van der Waals surface area contributed by atoms with E-state index in [0.717, 1.165) is 6.42 Å². The van der Waals surface area contributed by atoms with Crippen molar-refractivity contribution in [3.05, 3.63) is 12.2 Å². The lowest BCUT2D eigenvalue weighted by molar-refractivity contribution is -0.154. The van der Waals surface area contributed by atoms with Crippen LogP contribution in [0.4, 0.5) is 0 Å². The molecule has 2 heterocycles. The van der Waals surface area contributed by atoms with E-state index in [1.165, 1.54) is 4.90 Å². The van der Waals surface area contributed by atoms with Gasteiger partial charge in [0.25, 0.3) is 0 Å². The molecule has 2 bridgehead atoms. The lowest BCUT2D eigenvalue weighted by Crippen LogP contribution is -2.54. The number of fused-ring (bicyclic) bond motifs is 5. The van der Waals surface area contributed by atoms with Gasteiger partial charge in [-0.1, -0.05) is 26.0 Å². The molecule has 3 amide bonds. The number of hydrogen-bond donors (Lipinski definition) is 0. The molecular weight excluding hydrogens is 320 g/mol. The van der Waals surface area contributed by atoms with E-state index >= 15 is 0 Å². The molecule has 2 aliphatic carbocycles. The minimum atomic E-state index is -0.664. The average molecular weight is 346 g/mol. The topological polar surface area (TPSA) is 66.9 Å². The number of morpholine rings is 1. The molecule has 2 saturated heterocycles. The van der Waals surface area contributed by atoms with E-state index in [4.69, 9.17) is 4.74 Å². The molecule has 3 fully saturated rings. The first kappa shape index (κ1) is 16.8. The van der Waals surface area contributed by atoms with E-state index in [1.807, 2.05) is 13.8 Å². The van der Waals surface area contributed by atoms with Crippen molar-refractivity contribution in [3.63, 3.8) is 0 Å². The molecule has 6 nitrogen and oxygen atoms in total. The summed E-state index contributed by atoms with van der Waals surface area (Å²) >= 11 is 0. The zero-order chi connectivity index (χ0) is 17.7. The second-order valence-electron chi connectivity index (χ2n) is 8.13. The molecule has 4 aliphatic rings. The van der Waals surface area contributed by atoms with Crippen LogP contribution in [-0.4, -0.2) is 59.9 Å². The van der Waals surface area contributed by atoms with E-state index in [1.54, 1.807) is 4.90 Å². The molecule has 2 aliphatic heterocycles. The zero-order valence-corrected chi connectivity index (χ0v) is 14.9. The normalized spacial score (nSPS) is 35.0. The van der Waals surface area contributed by atoms with Gasteiger partial charge in [0.2, 0.25) is 17.7 Å². The van der Waals surface area contributed by atoms with Crippen molar-refractivity contribution in [3.8, 4) is 0 Å². The summed E-state index contributed by atoms with van der Waals surface area (Å²) < 4.78 is 5.33. The van der Waals surface area contributed by atoms with Gasteiger partial charge in [0.15, 0.2) is 0 Å². The van der Waals surface area contributed by atoms with E-state index in [-0.39, 0.29) is 47.3 Å². The first-order valence-corrected chi connectivity index (χ1v) is 9.40. The van der Waals surface area contributed by atoms with Crippen molar-refractivity contribution in [2.45, 2.75) is 32.7 Å². The molecule has 0 radical (unpaired) electrons. The van der Waals surface area contributed by atoms with Crippen LogP contribution in [0.2, 0.25) is 0 Å². The van der Waals surface area contributed by atoms with Crippen molar-refractivity contribution in [2.24, 2.45) is 29.6 Å². The average Bonchev–Trinajstić information content (AvgIpc) is 3.27. The van der Waals surface area contributed by atoms with Crippen LogP contribution in [-0.2, 0) is 19.1 Å². The van der Waals surface area contributed by atoms with Gasteiger partial charge in [0, 0.05) is 13.1 Å². The van der Waals surface area contributed by atoms with Gasteiger partial charge in [-0.2, -0.15) is 0 Å². The van der Waals surface area contributed by atoms with Crippen LogP contribution in [0.25, 0.3) is 0 Å². The third kappa shape index (κ3) is 2.62. The van der Waals surface area contributed by atoms with Crippen LogP contribution in [0.1, 0.15) is 26.7 Å². The summed E-state index contributed by atoms with van der Waals surface area (Å²) in [6.07, 6.45) is 5.60. The number of ether oxygens (including phenoxy) is 1. The van der Waals surface area contributed by atoms with Crippen LogP contribution in [0.5, 0.6) is 0 Å². The summed E-state index contributed by atoms with van der Waals surface area (Å²) in [5.74, 6) is -0.253. The van der Waals surface area contributed by atoms with Gasteiger partial charge in [-0.15, -0.1) is 0 Å². The molecule has 6 heteroatoms. The van der Waals surface area contributed by atoms with Gasteiger partial charge >= 0.3 is 0 Å². The quantitative estimate of drug-likeness (QED) is 0.564. The highest BCUT2D eigenvalue weighted by Crippen LogP contribution is 2.53. The van der Waals surface area contributed by atoms with Crippen LogP contribution >= 0.6 is 0 Å². The Morgan fingerprint density at radius 2 is 1.68 bits per heavy atom. The Kier molecular flexibility index (Phi) is 4.18. The zero-order valence-electron chi connectivity index (χ0n) is 14.9. The molecule has 1 saturated carbocycles. The molecule has 136 valence electrons. The minimum Gasteiger partial charge on any atom is -0.378 e. The number of nitrogens with zero attached hydrogens (tertiary/aromatic N) is 2. The number of carbonyl (C=O) groups is 3. The van der Waals surface area contributed by atoms with Crippen molar-refractivity contribution in [1.82, 2.24) is 9.80 Å². The smallest absolute Gasteiger partial charge is 0.246 e. The third-order valence-electron chi connectivity index (χ3n) is 6.12.